The van der Waals surface area contributed by atoms with E-state index in [1.165, 1.54) is 25.7 Å². The highest BCUT2D eigenvalue weighted by atomic mass is 16.1. The van der Waals surface area contributed by atoms with Crippen molar-refractivity contribution in [3.63, 3.8) is 0 Å². The van der Waals surface area contributed by atoms with Crippen LogP contribution in [0.1, 0.15) is 32.1 Å². The van der Waals surface area contributed by atoms with Gasteiger partial charge in [0.15, 0.2) is 0 Å². The number of hydrogen-bond acceptors (Lipinski definition) is 1. The molecule has 2 rings (SSSR count). The van der Waals surface area contributed by atoms with Crippen molar-refractivity contribution in [2.75, 3.05) is 0 Å². The molecular formula is C8H12O. The van der Waals surface area contributed by atoms with E-state index in [4.69, 9.17) is 0 Å². The third-order valence-electron chi connectivity index (χ3n) is 2.83. The number of carbonyl (C=O) groups is 1. The molecule has 0 spiro atoms. The van der Waals surface area contributed by atoms with Gasteiger partial charge in [0.05, 0.1) is 0 Å². The summed E-state index contributed by atoms with van der Waals surface area (Å²) >= 11 is 0. The predicted octanol–water partition coefficient (Wildman–Crippen LogP) is 1.77. The molecule has 0 aromatic carbocycles. The van der Waals surface area contributed by atoms with Crippen LogP contribution >= 0.6 is 0 Å². The van der Waals surface area contributed by atoms with Gasteiger partial charge in [-0.3, -0.25) is 4.79 Å². The van der Waals surface area contributed by atoms with Crippen LogP contribution in [0.5, 0.6) is 0 Å². The fraction of sp³-hybridized carbons (Fsp3) is 0.875. The van der Waals surface area contributed by atoms with Gasteiger partial charge >= 0.3 is 0 Å². The largest absolute Gasteiger partial charge is 0.299 e. The lowest BCUT2D eigenvalue weighted by Gasteiger charge is -2.03. The van der Waals surface area contributed by atoms with Crippen molar-refractivity contribution in [3.05, 3.63) is 0 Å². The van der Waals surface area contributed by atoms with Crippen LogP contribution in [0.4, 0.5) is 0 Å². The van der Waals surface area contributed by atoms with E-state index >= 15 is 0 Å². The highest BCUT2D eigenvalue weighted by Crippen LogP contribution is 2.41. The average Bonchev–Trinajstić information content (AvgIpc) is 2.35. The molecule has 0 radical (unpaired) electrons. The third-order valence-corrected chi connectivity index (χ3v) is 2.83. The van der Waals surface area contributed by atoms with E-state index in [1.54, 1.807) is 0 Å². The molecule has 0 saturated heterocycles. The topological polar surface area (TPSA) is 17.1 Å². The molecule has 0 unspecified atom stereocenters. The number of rotatable bonds is 0. The van der Waals surface area contributed by atoms with E-state index in [1.807, 2.05) is 0 Å². The van der Waals surface area contributed by atoms with Crippen molar-refractivity contribution in [1.29, 1.82) is 0 Å². The zero-order valence-electron chi connectivity index (χ0n) is 5.60. The van der Waals surface area contributed by atoms with Gasteiger partial charge in [-0.15, -0.1) is 0 Å². The molecule has 0 bridgehead atoms. The summed E-state index contributed by atoms with van der Waals surface area (Å²) in [6.45, 7) is 0. The Morgan fingerprint density at radius 2 is 2.11 bits per heavy atom. The summed E-state index contributed by atoms with van der Waals surface area (Å²) in [5, 5.41) is 0. The SMILES string of the molecule is O=C1CC[C@H]2CCC[C@H]12. The zero-order chi connectivity index (χ0) is 6.27. The van der Waals surface area contributed by atoms with E-state index in [2.05, 4.69) is 0 Å². The Hall–Kier alpha value is -0.330. The van der Waals surface area contributed by atoms with E-state index in [0.29, 0.717) is 11.7 Å². The number of Topliss-reactive ketones (excluding diaryl/α,β-unsaturated/α-hetero) is 1. The Kier molecular flexibility index (Phi) is 1.11. The maximum Gasteiger partial charge on any atom is 0.136 e. The van der Waals surface area contributed by atoms with Gasteiger partial charge < -0.3 is 0 Å². The zero-order valence-corrected chi connectivity index (χ0v) is 5.60. The van der Waals surface area contributed by atoms with Crippen LogP contribution in [-0.4, -0.2) is 5.78 Å². The second kappa shape index (κ2) is 1.83. The average molecular weight is 124 g/mol. The summed E-state index contributed by atoms with van der Waals surface area (Å²) in [7, 11) is 0. The fourth-order valence-corrected chi connectivity index (χ4v) is 2.32. The first kappa shape index (κ1) is 5.45. The second-order valence-electron chi connectivity index (χ2n) is 3.30. The van der Waals surface area contributed by atoms with Crippen LogP contribution < -0.4 is 0 Å². The minimum Gasteiger partial charge on any atom is -0.299 e. The van der Waals surface area contributed by atoms with Gasteiger partial charge in [-0.05, 0) is 25.2 Å². The van der Waals surface area contributed by atoms with Crippen molar-refractivity contribution in [1.82, 2.24) is 0 Å². The van der Waals surface area contributed by atoms with Crippen LogP contribution in [0.3, 0.4) is 0 Å². The lowest BCUT2D eigenvalue weighted by molar-refractivity contribution is -0.120. The van der Waals surface area contributed by atoms with Crippen LogP contribution in [0.2, 0.25) is 0 Å². The summed E-state index contributed by atoms with van der Waals surface area (Å²) in [6.07, 6.45) is 5.92. The van der Waals surface area contributed by atoms with Gasteiger partial charge in [-0.2, -0.15) is 0 Å². The van der Waals surface area contributed by atoms with Crippen LogP contribution in [-0.2, 0) is 4.79 Å². The van der Waals surface area contributed by atoms with Gasteiger partial charge in [0.1, 0.15) is 5.78 Å². The third kappa shape index (κ3) is 0.707. The number of ketones is 1. The molecule has 0 aromatic rings. The number of hydrogen-bond donors (Lipinski definition) is 0. The van der Waals surface area contributed by atoms with Crippen molar-refractivity contribution >= 4 is 5.78 Å². The quantitative estimate of drug-likeness (QED) is 0.481. The molecule has 0 aromatic heterocycles. The molecule has 2 aliphatic carbocycles. The molecule has 2 aliphatic rings. The first-order valence-corrected chi connectivity index (χ1v) is 3.90. The van der Waals surface area contributed by atoms with Crippen molar-refractivity contribution < 1.29 is 4.79 Å². The Morgan fingerprint density at radius 1 is 1.22 bits per heavy atom. The summed E-state index contributed by atoms with van der Waals surface area (Å²) in [4.78, 5) is 11.1. The summed E-state index contributed by atoms with van der Waals surface area (Å²) in [5.41, 5.74) is 0. The maximum absolute atomic E-state index is 11.1. The number of fused-ring (bicyclic) bond motifs is 1. The van der Waals surface area contributed by atoms with Crippen molar-refractivity contribution in [2.45, 2.75) is 32.1 Å². The smallest absolute Gasteiger partial charge is 0.136 e. The normalized spacial score (nSPS) is 41.6. The Bertz CT molecular complexity index is 140. The molecule has 50 valence electrons. The van der Waals surface area contributed by atoms with Crippen molar-refractivity contribution in [2.24, 2.45) is 11.8 Å². The van der Waals surface area contributed by atoms with Crippen LogP contribution in [0, 0.1) is 11.8 Å². The molecule has 0 aliphatic heterocycles. The van der Waals surface area contributed by atoms with Gasteiger partial charge in [0.25, 0.3) is 0 Å². The molecule has 0 N–H and O–H groups in total. The standard InChI is InChI=1S/C8H12O/c9-8-5-4-6-2-1-3-7(6)8/h6-7H,1-5H2/t6-,7+/m1/s1. The lowest BCUT2D eigenvalue weighted by Crippen LogP contribution is -2.06. The van der Waals surface area contributed by atoms with Gasteiger partial charge in [-0.1, -0.05) is 6.42 Å². The fourth-order valence-electron chi connectivity index (χ4n) is 2.32. The molecule has 1 nitrogen and oxygen atoms in total. The summed E-state index contributed by atoms with van der Waals surface area (Å²) in [6, 6.07) is 0. The maximum atomic E-state index is 11.1. The van der Waals surface area contributed by atoms with E-state index in [9.17, 15) is 4.79 Å². The van der Waals surface area contributed by atoms with E-state index in [0.717, 1.165) is 12.3 Å². The molecule has 0 amide bonds. The minimum absolute atomic E-state index is 0.505. The van der Waals surface area contributed by atoms with Gasteiger partial charge in [0, 0.05) is 12.3 Å². The molecular weight excluding hydrogens is 112 g/mol. The lowest BCUT2D eigenvalue weighted by atomic mass is 10.0. The summed E-state index contributed by atoms with van der Waals surface area (Å²) in [5.74, 6) is 1.86. The predicted molar refractivity (Wildman–Crippen MR) is 35.1 cm³/mol. The highest BCUT2D eigenvalue weighted by Gasteiger charge is 2.37. The number of carbonyl (C=O) groups excluding carboxylic acids is 1. The Morgan fingerprint density at radius 3 is 2.89 bits per heavy atom. The minimum atomic E-state index is 0.505. The molecule has 2 saturated carbocycles. The Labute approximate surface area is 55.4 Å². The van der Waals surface area contributed by atoms with Gasteiger partial charge in [0.2, 0.25) is 0 Å². The Balaban J connectivity index is 2.15. The monoisotopic (exact) mass is 124 g/mol. The van der Waals surface area contributed by atoms with Crippen LogP contribution in [0.25, 0.3) is 0 Å². The van der Waals surface area contributed by atoms with Gasteiger partial charge in [-0.25, -0.2) is 0 Å². The molecule has 1 heteroatoms. The first-order chi connectivity index (χ1) is 4.38. The van der Waals surface area contributed by atoms with Crippen molar-refractivity contribution in [3.8, 4) is 0 Å². The first-order valence-electron chi connectivity index (χ1n) is 3.90. The molecule has 0 heterocycles. The second-order valence-corrected chi connectivity index (χ2v) is 3.30. The van der Waals surface area contributed by atoms with Crippen LogP contribution in [0.15, 0.2) is 0 Å². The summed E-state index contributed by atoms with van der Waals surface area (Å²) < 4.78 is 0. The molecule has 9 heavy (non-hydrogen) atoms. The molecule has 2 atom stereocenters. The van der Waals surface area contributed by atoms with E-state index in [-0.39, 0.29) is 0 Å². The van der Waals surface area contributed by atoms with E-state index < -0.39 is 0 Å². The highest BCUT2D eigenvalue weighted by molar-refractivity contribution is 5.83. The molecule has 2 fully saturated rings.